The molecular weight excluding hydrogens is 441 g/mol. The van der Waals surface area contributed by atoms with E-state index in [2.05, 4.69) is 9.47 Å². The third-order valence-electron chi connectivity index (χ3n) is 2.33. The molecule has 0 aliphatic rings. The monoisotopic (exact) mass is 452 g/mol. The standard InChI is InChI=1S/C10H11F6IO5/c1-2-5(17)7(19)21-3-6(18)22-4-8(20,9(11,12)13)10(14,15)16/h5,20H,2-4H2,1H3. The van der Waals surface area contributed by atoms with Crippen LogP contribution in [0.25, 0.3) is 0 Å². The minimum absolute atomic E-state index is 0.344. The molecule has 0 aromatic heterocycles. The van der Waals surface area contributed by atoms with Gasteiger partial charge in [0.2, 0.25) is 0 Å². The third kappa shape index (κ3) is 5.44. The lowest BCUT2D eigenvalue weighted by molar-refractivity contribution is -0.375. The molecule has 0 saturated heterocycles. The van der Waals surface area contributed by atoms with E-state index in [1.165, 1.54) is 0 Å². The first-order chi connectivity index (χ1) is 9.76. The zero-order chi connectivity index (χ0) is 17.8. The van der Waals surface area contributed by atoms with Crippen molar-refractivity contribution in [1.82, 2.24) is 0 Å². The quantitative estimate of drug-likeness (QED) is 0.290. The number of hydrogen-bond donors (Lipinski definition) is 1. The van der Waals surface area contributed by atoms with Gasteiger partial charge in [0.15, 0.2) is 6.61 Å². The number of aliphatic hydroxyl groups is 1. The van der Waals surface area contributed by atoms with Crippen molar-refractivity contribution < 1.29 is 50.5 Å². The van der Waals surface area contributed by atoms with Crippen molar-refractivity contribution in [3.05, 3.63) is 0 Å². The molecule has 12 heteroatoms. The van der Waals surface area contributed by atoms with Crippen molar-refractivity contribution in [2.24, 2.45) is 0 Å². The van der Waals surface area contributed by atoms with Crippen LogP contribution in [-0.4, -0.2) is 52.1 Å². The number of carbonyl (C=O) groups excluding carboxylic acids is 2. The Morgan fingerprint density at radius 2 is 1.55 bits per heavy atom. The van der Waals surface area contributed by atoms with Gasteiger partial charge in [0.05, 0.1) is 0 Å². The van der Waals surface area contributed by atoms with Crippen LogP contribution in [0.3, 0.4) is 0 Å². The molecule has 0 aromatic rings. The van der Waals surface area contributed by atoms with Gasteiger partial charge >= 0.3 is 24.3 Å². The molecule has 1 unspecified atom stereocenters. The van der Waals surface area contributed by atoms with Gasteiger partial charge in [-0.25, -0.2) is 4.79 Å². The Hall–Kier alpha value is -0.790. The maximum atomic E-state index is 12.3. The summed E-state index contributed by atoms with van der Waals surface area (Å²) in [5.74, 6) is -2.53. The summed E-state index contributed by atoms with van der Waals surface area (Å²) in [4.78, 5) is 22.2. The Balaban J connectivity index is 4.64. The fraction of sp³-hybridized carbons (Fsp3) is 0.800. The minimum Gasteiger partial charge on any atom is -0.459 e. The summed E-state index contributed by atoms with van der Waals surface area (Å²) in [5.41, 5.74) is -5.20. The molecule has 0 saturated carbocycles. The second kappa shape index (κ2) is 7.66. The van der Waals surface area contributed by atoms with E-state index in [1.54, 1.807) is 29.5 Å². The van der Waals surface area contributed by atoms with Crippen LogP contribution in [0.15, 0.2) is 0 Å². The Morgan fingerprint density at radius 3 is 1.91 bits per heavy atom. The number of halogens is 7. The number of hydrogen-bond acceptors (Lipinski definition) is 5. The molecule has 0 rings (SSSR count). The number of alkyl halides is 7. The molecule has 1 atom stereocenters. The molecule has 130 valence electrons. The van der Waals surface area contributed by atoms with Gasteiger partial charge in [-0.2, -0.15) is 26.3 Å². The van der Waals surface area contributed by atoms with Crippen LogP contribution in [0.1, 0.15) is 13.3 Å². The van der Waals surface area contributed by atoms with Crippen molar-refractivity contribution in [2.45, 2.75) is 35.2 Å². The van der Waals surface area contributed by atoms with Gasteiger partial charge in [0.1, 0.15) is 10.5 Å². The first-order valence-corrected chi connectivity index (χ1v) is 6.83. The maximum Gasteiger partial charge on any atom is 0.429 e. The summed E-state index contributed by atoms with van der Waals surface area (Å²) in [7, 11) is 0. The van der Waals surface area contributed by atoms with E-state index in [-0.39, 0.29) is 0 Å². The number of esters is 2. The molecule has 0 bridgehead atoms. The third-order valence-corrected chi connectivity index (χ3v) is 3.72. The summed E-state index contributed by atoms with van der Waals surface area (Å²) < 4.78 is 81.0. The molecule has 5 nitrogen and oxygen atoms in total. The average Bonchev–Trinajstić information content (AvgIpc) is 2.38. The molecule has 0 heterocycles. The molecule has 0 aliphatic heterocycles. The summed E-state index contributed by atoms with van der Waals surface area (Å²) in [5, 5.41) is 8.70. The van der Waals surface area contributed by atoms with Crippen LogP contribution in [0.2, 0.25) is 0 Å². The Labute approximate surface area is 134 Å². The lowest BCUT2D eigenvalue weighted by Crippen LogP contribution is -2.60. The van der Waals surface area contributed by atoms with Gasteiger partial charge in [-0.15, -0.1) is 0 Å². The van der Waals surface area contributed by atoms with Crippen LogP contribution in [0, 0.1) is 0 Å². The average molecular weight is 452 g/mol. The van der Waals surface area contributed by atoms with E-state index in [4.69, 9.17) is 5.11 Å². The molecule has 0 aliphatic carbocycles. The summed E-state index contributed by atoms with van der Waals surface area (Å²) >= 11 is 1.67. The van der Waals surface area contributed by atoms with Crippen molar-refractivity contribution in [3.63, 3.8) is 0 Å². The zero-order valence-corrected chi connectivity index (χ0v) is 13.1. The van der Waals surface area contributed by atoms with Crippen LogP contribution in [0.5, 0.6) is 0 Å². The second-order valence-corrected chi connectivity index (χ2v) is 5.50. The normalized spacial score (nSPS) is 14.4. The molecule has 1 N–H and O–H groups in total. The fourth-order valence-electron chi connectivity index (χ4n) is 0.938. The van der Waals surface area contributed by atoms with Crippen molar-refractivity contribution in [2.75, 3.05) is 13.2 Å². The van der Waals surface area contributed by atoms with E-state index in [9.17, 15) is 35.9 Å². The largest absolute Gasteiger partial charge is 0.459 e. The maximum absolute atomic E-state index is 12.3. The zero-order valence-electron chi connectivity index (χ0n) is 10.9. The number of rotatable bonds is 6. The summed E-state index contributed by atoms with van der Waals surface area (Å²) in [6.07, 6.45) is -11.9. The van der Waals surface area contributed by atoms with Crippen LogP contribution >= 0.6 is 22.6 Å². The van der Waals surface area contributed by atoms with Gasteiger partial charge in [0.25, 0.3) is 5.60 Å². The van der Waals surface area contributed by atoms with Crippen molar-refractivity contribution in [3.8, 4) is 0 Å². The van der Waals surface area contributed by atoms with Crippen molar-refractivity contribution >= 4 is 34.5 Å². The fourth-order valence-corrected chi connectivity index (χ4v) is 1.12. The summed E-state index contributed by atoms with van der Waals surface area (Å²) in [6.45, 7) is -1.94. The highest BCUT2D eigenvalue weighted by atomic mass is 127. The van der Waals surface area contributed by atoms with Crippen LogP contribution in [0.4, 0.5) is 26.3 Å². The topological polar surface area (TPSA) is 72.8 Å². The predicted octanol–water partition coefficient (Wildman–Crippen LogP) is 2.14. The second-order valence-electron chi connectivity index (χ2n) is 4.00. The molecule has 0 spiro atoms. The Kier molecular flexibility index (Phi) is 7.38. The SMILES string of the molecule is CCC(I)C(=O)OCC(=O)OCC(O)(C(F)(F)F)C(F)(F)F. The Morgan fingerprint density at radius 1 is 1.09 bits per heavy atom. The first kappa shape index (κ1) is 21.2. The van der Waals surface area contributed by atoms with Crippen molar-refractivity contribution in [1.29, 1.82) is 0 Å². The lowest BCUT2D eigenvalue weighted by Gasteiger charge is -2.31. The van der Waals surface area contributed by atoms with Crippen LogP contribution < -0.4 is 0 Å². The molecule has 0 radical (unpaired) electrons. The number of carbonyl (C=O) groups is 2. The smallest absolute Gasteiger partial charge is 0.429 e. The molecule has 0 fully saturated rings. The highest BCUT2D eigenvalue weighted by molar-refractivity contribution is 14.1. The summed E-state index contributed by atoms with van der Waals surface area (Å²) in [6, 6.07) is 0. The Bertz CT molecular complexity index is 394. The lowest BCUT2D eigenvalue weighted by atomic mass is 10.0. The van der Waals surface area contributed by atoms with Crippen LogP contribution in [-0.2, 0) is 19.1 Å². The van der Waals surface area contributed by atoms with Gasteiger partial charge in [0, 0.05) is 0 Å². The van der Waals surface area contributed by atoms with Gasteiger partial charge in [-0.3, -0.25) is 4.79 Å². The van der Waals surface area contributed by atoms with E-state index in [1.807, 2.05) is 0 Å². The minimum atomic E-state index is -6.10. The molecule has 22 heavy (non-hydrogen) atoms. The van der Waals surface area contributed by atoms with Gasteiger partial charge in [-0.1, -0.05) is 29.5 Å². The van der Waals surface area contributed by atoms with E-state index in [0.29, 0.717) is 6.42 Å². The molecule has 0 amide bonds. The van der Waals surface area contributed by atoms with E-state index >= 15 is 0 Å². The van der Waals surface area contributed by atoms with Gasteiger partial charge in [-0.05, 0) is 6.42 Å². The highest BCUT2D eigenvalue weighted by Gasteiger charge is 2.71. The van der Waals surface area contributed by atoms with Gasteiger partial charge < -0.3 is 14.6 Å². The first-order valence-electron chi connectivity index (χ1n) is 5.58. The number of ether oxygens (including phenoxy) is 2. The highest BCUT2D eigenvalue weighted by Crippen LogP contribution is 2.43. The predicted molar refractivity (Wildman–Crippen MR) is 67.1 cm³/mol. The molecule has 0 aromatic carbocycles. The van der Waals surface area contributed by atoms with E-state index in [0.717, 1.165) is 0 Å². The van der Waals surface area contributed by atoms with E-state index < -0.39 is 47.0 Å². The molecular formula is C10H11F6IO5.